The Morgan fingerprint density at radius 2 is 2.14 bits per heavy atom. The fourth-order valence-corrected chi connectivity index (χ4v) is 3.78. The normalized spacial score (nSPS) is 22.1. The Balaban J connectivity index is 1.62. The van der Waals surface area contributed by atoms with E-state index in [1.807, 2.05) is 13.1 Å². The van der Waals surface area contributed by atoms with Crippen molar-refractivity contribution >= 4 is 11.8 Å². The minimum absolute atomic E-state index is 0.0152. The van der Waals surface area contributed by atoms with E-state index in [2.05, 4.69) is 16.3 Å². The predicted molar refractivity (Wildman–Crippen MR) is 81.7 cm³/mol. The smallest absolute Gasteiger partial charge is 0.317 e. The molecule has 0 saturated carbocycles. The molecule has 0 radical (unpaired) electrons. The molecule has 1 N–H and O–H groups in total. The van der Waals surface area contributed by atoms with Crippen LogP contribution < -0.4 is 10.2 Å². The summed E-state index contributed by atoms with van der Waals surface area (Å²) in [6.45, 7) is 2.15. The first-order valence-corrected chi connectivity index (χ1v) is 7.82. The summed E-state index contributed by atoms with van der Waals surface area (Å²) < 4.78 is 0. The van der Waals surface area contributed by atoms with Crippen molar-refractivity contribution in [3.8, 4) is 6.07 Å². The van der Waals surface area contributed by atoms with Gasteiger partial charge in [0, 0.05) is 32.4 Å². The molecule has 4 rings (SSSR count). The molecular formula is C16H19N5O. The maximum atomic E-state index is 11.7. The summed E-state index contributed by atoms with van der Waals surface area (Å²) in [6, 6.07) is 4.30. The zero-order valence-corrected chi connectivity index (χ0v) is 12.7. The summed E-state index contributed by atoms with van der Waals surface area (Å²) >= 11 is 0. The predicted octanol–water partition coefficient (Wildman–Crippen LogP) is 1.05. The maximum Gasteiger partial charge on any atom is 0.317 e. The lowest BCUT2D eigenvalue weighted by Crippen LogP contribution is -2.69. The molecule has 2 saturated heterocycles. The van der Waals surface area contributed by atoms with Crippen molar-refractivity contribution in [3.63, 3.8) is 0 Å². The van der Waals surface area contributed by atoms with Gasteiger partial charge in [0.25, 0.3) is 0 Å². The van der Waals surface area contributed by atoms with Crippen molar-refractivity contribution in [1.29, 1.82) is 5.26 Å². The molecule has 1 aromatic heterocycles. The van der Waals surface area contributed by atoms with Gasteiger partial charge < -0.3 is 15.1 Å². The molecular weight excluding hydrogens is 278 g/mol. The third kappa shape index (κ3) is 1.78. The number of nitrogens with zero attached hydrogens (tertiary/aromatic N) is 4. The number of hydrogen-bond donors (Lipinski definition) is 1. The highest BCUT2D eigenvalue weighted by Gasteiger charge is 2.52. The highest BCUT2D eigenvalue weighted by atomic mass is 16.2. The number of rotatable bonds is 1. The molecule has 2 aliphatic heterocycles. The molecule has 0 unspecified atom stereocenters. The van der Waals surface area contributed by atoms with Crippen LogP contribution in [0.5, 0.6) is 0 Å². The minimum atomic E-state index is -0.138. The van der Waals surface area contributed by atoms with Crippen LogP contribution in [0.15, 0.2) is 6.07 Å². The fourth-order valence-electron chi connectivity index (χ4n) is 3.78. The average Bonchev–Trinajstić information content (AvgIpc) is 2.81. The molecule has 3 aliphatic rings. The Bertz CT molecular complexity index is 687. The number of hydrogen-bond acceptors (Lipinski definition) is 4. The van der Waals surface area contributed by atoms with Crippen molar-refractivity contribution in [2.24, 2.45) is 0 Å². The number of nitriles is 1. The highest BCUT2D eigenvalue weighted by Crippen LogP contribution is 2.35. The first kappa shape index (κ1) is 13.4. The lowest BCUT2D eigenvalue weighted by molar-refractivity contribution is 0.151. The number of aryl methyl sites for hydroxylation is 2. The van der Waals surface area contributed by atoms with Gasteiger partial charge >= 0.3 is 6.03 Å². The average molecular weight is 297 g/mol. The number of anilines is 1. The van der Waals surface area contributed by atoms with E-state index >= 15 is 0 Å². The van der Waals surface area contributed by atoms with E-state index in [1.165, 1.54) is 18.4 Å². The second-order valence-corrected chi connectivity index (χ2v) is 6.58. The molecule has 22 heavy (non-hydrogen) atoms. The Morgan fingerprint density at radius 3 is 2.82 bits per heavy atom. The molecule has 1 aliphatic carbocycles. The number of carbonyl (C=O) groups is 1. The van der Waals surface area contributed by atoms with Crippen LogP contribution in [0.3, 0.4) is 0 Å². The third-order valence-electron chi connectivity index (χ3n) is 5.26. The van der Waals surface area contributed by atoms with Crippen LogP contribution in [0, 0.1) is 11.3 Å². The highest BCUT2D eigenvalue weighted by molar-refractivity contribution is 5.79. The van der Waals surface area contributed by atoms with Gasteiger partial charge in [-0.2, -0.15) is 5.26 Å². The summed E-state index contributed by atoms with van der Waals surface area (Å²) in [4.78, 5) is 20.4. The second-order valence-electron chi connectivity index (χ2n) is 6.58. The number of amides is 2. The van der Waals surface area contributed by atoms with Crippen LogP contribution >= 0.6 is 0 Å². The number of aromatic nitrogens is 1. The monoisotopic (exact) mass is 297 g/mol. The minimum Gasteiger partial charge on any atom is -0.351 e. The van der Waals surface area contributed by atoms with Gasteiger partial charge in [-0.3, -0.25) is 0 Å². The quantitative estimate of drug-likeness (QED) is 0.841. The van der Waals surface area contributed by atoms with Crippen molar-refractivity contribution in [2.75, 3.05) is 31.6 Å². The van der Waals surface area contributed by atoms with E-state index in [0.717, 1.165) is 37.4 Å². The summed E-state index contributed by atoms with van der Waals surface area (Å²) in [5, 5.41) is 12.3. The zero-order chi connectivity index (χ0) is 15.3. The van der Waals surface area contributed by atoms with Gasteiger partial charge in [0.1, 0.15) is 11.9 Å². The van der Waals surface area contributed by atoms with E-state index in [9.17, 15) is 10.1 Å². The van der Waals surface area contributed by atoms with Crippen molar-refractivity contribution in [2.45, 2.75) is 31.2 Å². The van der Waals surface area contributed by atoms with E-state index in [4.69, 9.17) is 4.98 Å². The molecule has 2 amide bonds. The molecule has 6 nitrogen and oxygen atoms in total. The summed E-state index contributed by atoms with van der Waals surface area (Å²) in [5.74, 6) is 0.793. The Labute approximate surface area is 129 Å². The third-order valence-corrected chi connectivity index (χ3v) is 5.26. The standard InChI is InChI=1S/C16H19N5O/c1-20-15(22)18-8-16(20)9-21(10-16)14-12(7-17)6-11-4-2-3-5-13(11)19-14/h6H,2-5,8-10H2,1H3,(H,18,22). The van der Waals surface area contributed by atoms with Crippen LogP contribution in [-0.4, -0.2) is 48.1 Å². The Kier molecular flexibility index (Phi) is 2.80. The molecule has 2 fully saturated rings. The molecule has 114 valence electrons. The van der Waals surface area contributed by atoms with Crippen molar-refractivity contribution in [3.05, 3.63) is 22.9 Å². The first-order valence-electron chi connectivity index (χ1n) is 7.82. The molecule has 0 bridgehead atoms. The molecule has 1 spiro atoms. The van der Waals surface area contributed by atoms with Crippen LogP contribution in [-0.2, 0) is 12.8 Å². The summed E-state index contributed by atoms with van der Waals surface area (Å²) in [6.07, 6.45) is 4.40. The number of fused-ring (bicyclic) bond motifs is 1. The van der Waals surface area contributed by atoms with Crippen LogP contribution in [0.1, 0.15) is 29.7 Å². The Hall–Kier alpha value is -2.29. The van der Waals surface area contributed by atoms with Gasteiger partial charge in [0.05, 0.1) is 11.1 Å². The number of urea groups is 1. The number of likely N-dealkylation sites (N-methyl/N-ethyl adjacent to an activating group) is 1. The molecule has 0 aromatic carbocycles. The van der Waals surface area contributed by atoms with Gasteiger partial charge in [-0.05, 0) is 37.3 Å². The number of nitrogens with one attached hydrogen (secondary N) is 1. The number of carbonyl (C=O) groups excluding carboxylic acids is 1. The zero-order valence-electron chi connectivity index (χ0n) is 12.7. The lowest BCUT2D eigenvalue weighted by atomic mass is 9.88. The maximum absolute atomic E-state index is 11.7. The van der Waals surface area contributed by atoms with Crippen LogP contribution in [0.2, 0.25) is 0 Å². The van der Waals surface area contributed by atoms with E-state index in [1.54, 1.807) is 4.90 Å². The van der Waals surface area contributed by atoms with Crippen molar-refractivity contribution < 1.29 is 4.79 Å². The molecule has 6 heteroatoms. The summed E-state index contributed by atoms with van der Waals surface area (Å²) in [7, 11) is 1.84. The second kappa shape index (κ2) is 4.60. The lowest BCUT2D eigenvalue weighted by Gasteiger charge is -2.51. The SMILES string of the molecule is CN1C(=O)NCC12CN(c1nc3c(cc1C#N)CCCC3)C2. The van der Waals surface area contributed by atoms with Gasteiger partial charge in [-0.1, -0.05) is 0 Å². The van der Waals surface area contributed by atoms with E-state index in [-0.39, 0.29) is 11.6 Å². The van der Waals surface area contributed by atoms with Gasteiger partial charge in [0.2, 0.25) is 0 Å². The topological polar surface area (TPSA) is 72.3 Å². The molecule has 0 atom stereocenters. The van der Waals surface area contributed by atoms with Crippen LogP contribution in [0.4, 0.5) is 10.6 Å². The molecule has 3 heterocycles. The molecule has 1 aromatic rings. The number of pyridine rings is 1. The largest absolute Gasteiger partial charge is 0.351 e. The van der Waals surface area contributed by atoms with Gasteiger partial charge in [-0.25, -0.2) is 9.78 Å². The van der Waals surface area contributed by atoms with E-state index in [0.29, 0.717) is 12.1 Å². The summed E-state index contributed by atoms with van der Waals surface area (Å²) in [5.41, 5.74) is 2.91. The first-order chi connectivity index (χ1) is 10.6. The van der Waals surface area contributed by atoms with Crippen molar-refractivity contribution in [1.82, 2.24) is 15.2 Å². The van der Waals surface area contributed by atoms with Crippen LogP contribution in [0.25, 0.3) is 0 Å². The Morgan fingerprint density at radius 1 is 1.36 bits per heavy atom. The fraction of sp³-hybridized carbons (Fsp3) is 0.562. The van der Waals surface area contributed by atoms with Gasteiger partial charge in [-0.15, -0.1) is 0 Å². The van der Waals surface area contributed by atoms with E-state index < -0.39 is 0 Å². The van der Waals surface area contributed by atoms with Gasteiger partial charge in [0.15, 0.2) is 0 Å².